The lowest BCUT2D eigenvalue weighted by Crippen LogP contribution is -2.09. The fraction of sp³-hybridized carbons (Fsp3) is 0.250. The Labute approximate surface area is 73.5 Å². The summed E-state index contributed by atoms with van der Waals surface area (Å²) in [5.74, 6) is 0. The van der Waals surface area contributed by atoms with Crippen molar-refractivity contribution in [3.63, 3.8) is 0 Å². The average molecular weight is 211 g/mol. The molecule has 0 amide bonds. The second kappa shape index (κ2) is 2.41. The first-order chi connectivity index (χ1) is 5.27. The lowest BCUT2D eigenvalue weighted by Gasteiger charge is -2.11. The molecule has 2 aliphatic rings. The quantitative estimate of drug-likeness (QED) is 0.548. The largest absolute Gasteiger partial charge is 0.158 e. The van der Waals surface area contributed by atoms with Crippen LogP contribution in [0.3, 0.4) is 0 Å². The van der Waals surface area contributed by atoms with E-state index in [1.165, 1.54) is 5.57 Å². The summed E-state index contributed by atoms with van der Waals surface area (Å²) in [6, 6.07) is 0. The molecule has 0 saturated carbocycles. The van der Waals surface area contributed by atoms with Gasteiger partial charge in [0.2, 0.25) is 0 Å². The summed E-state index contributed by atoms with van der Waals surface area (Å²) in [6.45, 7) is 2.08. The molecule has 1 aliphatic carbocycles. The summed E-state index contributed by atoms with van der Waals surface area (Å²) in [7, 11) is 0. The molecule has 0 radical (unpaired) electrons. The third-order valence-corrected chi connectivity index (χ3v) is 2.77. The Morgan fingerprint density at radius 3 is 3.18 bits per heavy atom. The molecule has 2 rings (SSSR count). The maximum Gasteiger partial charge on any atom is 0.0942 e. The second-order valence-electron chi connectivity index (χ2n) is 2.64. The first-order valence-electron chi connectivity index (χ1n) is 3.43. The summed E-state index contributed by atoms with van der Waals surface area (Å²) in [5, 5.41) is 7.79. The second-order valence-corrected chi connectivity index (χ2v) is 3.63. The van der Waals surface area contributed by atoms with Crippen molar-refractivity contribution in [3.8, 4) is 0 Å². The number of nitrogens with zero attached hydrogens (tertiary/aromatic N) is 2. The summed E-state index contributed by atoms with van der Waals surface area (Å²) in [6.07, 6.45) is 5.96. The van der Waals surface area contributed by atoms with Gasteiger partial charge in [0.15, 0.2) is 0 Å². The van der Waals surface area contributed by atoms with Crippen molar-refractivity contribution in [2.24, 2.45) is 10.2 Å². The van der Waals surface area contributed by atoms with Gasteiger partial charge < -0.3 is 0 Å². The summed E-state index contributed by atoms with van der Waals surface area (Å²) in [5.41, 5.74) is 3.38. The van der Waals surface area contributed by atoms with Crippen LogP contribution in [-0.4, -0.2) is 16.8 Å². The van der Waals surface area contributed by atoms with Crippen molar-refractivity contribution in [1.29, 1.82) is 0 Å². The maximum atomic E-state index is 3.96. The minimum Gasteiger partial charge on any atom is -0.158 e. The van der Waals surface area contributed by atoms with Crippen LogP contribution in [0.4, 0.5) is 0 Å². The Balaban J connectivity index is 2.43. The number of allylic oxidation sites excluding steroid dienone is 4. The zero-order chi connectivity index (χ0) is 7.84. The summed E-state index contributed by atoms with van der Waals surface area (Å²) < 4.78 is 0. The number of halogens is 1. The number of hydrogen-bond acceptors (Lipinski definition) is 2. The van der Waals surface area contributed by atoms with Gasteiger partial charge in [-0.3, -0.25) is 0 Å². The summed E-state index contributed by atoms with van der Waals surface area (Å²) >= 11 is 3.53. The van der Waals surface area contributed by atoms with Crippen molar-refractivity contribution in [3.05, 3.63) is 23.3 Å². The fourth-order valence-corrected chi connectivity index (χ4v) is 1.52. The highest BCUT2D eigenvalue weighted by atomic mass is 79.9. The minimum absolute atomic E-state index is 0.348. The van der Waals surface area contributed by atoms with Gasteiger partial charge in [-0.05, 0) is 13.0 Å². The zero-order valence-corrected chi connectivity index (χ0v) is 7.67. The van der Waals surface area contributed by atoms with Crippen LogP contribution >= 0.6 is 15.9 Å². The van der Waals surface area contributed by atoms with Gasteiger partial charge in [-0.15, -0.1) is 0 Å². The highest BCUT2D eigenvalue weighted by Crippen LogP contribution is 2.22. The van der Waals surface area contributed by atoms with E-state index in [9.17, 15) is 0 Å². The van der Waals surface area contributed by atoms with E-state index < -0.39 is 0 Å². The number of alkyl halides is 1. The lowest BCUT2D eigenvalue weighted by atomic mass is 10.00. The van der Waals surface area contributed by atoms with Crippen LogP contribution in [0, 0.1) is 0 Å². The number of rotatable bonds is 0. The lowest BCUT2D eigenvalue weighted by molar-refractivity contribution is 1.23. The zero-order valence-electron chi connectivity index (χ0n) is 6.08. The van der Waals surface area contributed by atoms with Crippen LogP contribution in [0.5, 0.6) is 0 Å². The van der Waals surface area contributed by atoms with Gasteiger partial charge in [-0.1, -0.05) is 27.6 Å². The average Bonchev–Trinajstić information content (AvgIpc) is 2.36. The molecule has 0 aromatic carbocycles. The normalized spacial score (nSPS) is 27.5. The van der Waals surface area contributed by atoms with E-state index in [-0.39, 0.29) is 0 Å². The molecule has 2 nitrogen and oxygen atoms in total. The Hall–Kier alpha value is -0.700. The molecule has 1 heterocycles. The Morgan fingerprint density at radius 1 is 1.55 bits per heavy atom. The van der Waals surface area contributed by atoms with Crippen molar-refractivity contribution >= 4 is 27.9 Å². The van der Waals surface area contributed by atoms with E-state index >= 15 is 0 Å². The van der Waals surface area contributed by atoms with E-state index in [4.69, 9.17) is 0 Å². The van der Waals surface area contributed by atoms with Gasteiger partial charge in [0, 0.05) is 5.57 Å². The molecule has 0 bridgehead atoms. The SMILES string of the molecule is CC1=CC2=NN=CC2=C[C@H]1Br. The molecular formula is C8H7BrN2. The van der Waals surface area contributed by atoms with Crippen molar-refractivity contribution < 1.29 is 0 Å². The van der Waals surface area contributed by atoms with Gasteiger partial charge in [0.05, 0.1) is 16.8 Å². The maximum absolute atomic E-state index is 3.96. The Bertz CT molecular complexity index is 310. The minimum atomic E-state index is 0.348. The van der Waals surface area contributed by atoms with E-state index in [2.05, 4.69) is 45.2 Å². The molecule has 3 heteroatoms. The van der Waals surface area contributed by atoms with Crippen molar-refractivity contribution in [2.75, 3.05) is 0 Å². The molecule has 0 saturated heterocycles. The molecule has 0 fully saturated rings. The molecule has 0 aromatic heterocycles. The standard InChI is InChI=1S/C8H7BrN2/c1-5-2-8-6(3-7(5)9)4-10-11-8/h2-4,7H,1H3/t7-/m1/s1. The Morgan fingerprint density at radius 2 is 2.36 bits per heavy atom. The molecule has 0 unspecified atom stereocenters. The van der Waals surface area contributed by atoms with Gasteiger partial charge in [-0.25, -0.2) is 0 Å². The Kier molecular flexibility index (Phi) is 1.53. The molecule has 0 aromatic rings. The highest BCUT2D eigenvalue weighted by Gasteiger charge is 2.17. The van der Waals surface area contributed by atoms with Crippen LogP contribution in [-0.2, 0) is 0 Å². The molecular weight excluding hydrogens is 204 g/mol. The fourth-order valence-electron chi connectivity index (χ4n) is 1.10. The predicted octanol–water partition coefficient (Wildman–Crippen LogP) is 2.08. The van der Waals surface area contributed by atoms with Gasteiger partial charge in [0.1, 0.15) is 0 Å². The first-order valence-corrected chi connectivity index (χ1v) is 4.34. The third-order valence-electron chi connectivity index (χ3n) is 1.78. The van der Waals surface area contributed by atoms with Crippen LogP contribution in [0.1, 0.15) is 6.92 Å². The molecule has 56 valence electrons. The molecule has 0 N–H and O–H groups in total. The van der Waals surface area contributed by atoms with Crippen LogP contribution < -0.4 is 0 Å². The smallest absolute Gasteiger partial charge is 0.0942 e. The third kappa shape index (κ3) is 1.09. The summed E-state index contributed by atoms with van der Waals surface area (Å²) in [4.78, 5) is 0.348. The van der Waals surface area contributed by atoms with Gasteiger partial charge >= 0.3 is 0 Å². The van der Waals surface area contributed by atoms with E-state index in [1.54, 1.807) is 6.21 Å². The highest BCUT2D eigenvalue weighted by molar-refractivity contribution is 9.09. The monoisotopic (exact) mass is 210 g/mol. The van der Waals surface area contributed by atoms with Gasteiger partial charge in [-0.2, -0.15) is 10.2 Å². The van der Waals surface area contributed by atoms with Crippen LogP contribution in [0.15, 0.2) is 33.5 Å². The topological polar surface area (TPSA) is 24.7 Å². The molecule has 1 aliphatic heterocycles. The first kappa shape index (κ1) is 6.98. The number of fused-ring (bicyclic) bond motifs is 1. The van der Waals surface area contributed by atoms with E-state index in [0.29, 0.717) is 4.83 Å². The van der Waals surface area contributed by atoms with E-state index in [1.807, 2.05) is 0 Å². The van der Waals surface area contributed by atoms with E-state index in [0.717, 1.165) is 11.3 Å². The van der Waals surface area contributed by atoms with Crippen molar-refractivity contribution in [1.82, 2.24) is 0 Å². The predicted molar refractivity (Wildman–Crippen MR) is 50.5 cm³/mol. The number of hydrogen-bond donors (Lipinski definition) is 0. The molecule has 1 atom stereocenters. The molecule has 0 spiro atoms. The van der Waals surface area contributed by atoms with Gasteiger partial charge in [0.25, 0.3) is 0 Å². The van der Waals surface area contributed by atoms with Crippen molar-refractivity contribution in [2.45, 2.75) is 11.8 Å². The molecule has 11 heavy (non-hydrogen) atoms. The van der Waals surface area contributed by atoms with Crippen LogP contribution in [0.2, 0.25) is 0 Å². The van der Waals surface area contributed by atoms with Crippen LogP contribution in [0.25, 0.3) is 0 Å².